The largest absolute Gasteiger partial charge is 0.324 e. The Bertz CT molecular complexity index is 806. The molecule has 0 saturated heterocycles. The second-order valence-corrected chi connectivity index (χ2v) is 4.61. The summed E-state index contributed by atoms with van der Waals surface area (Å²) >= 11 is 0. The van der Waals surface area contributed by atoms with Crippen molar-refractivity contribution in [2.24, 2.45) is 5.18 Å². The van der Waals surface area contributed by atoms with Gasteiger partial charge in [-0.05, 0) is 35.9 Å². The molecule has 2 aromatic heterocycles. The van der Waals surface area contributed by atoms with Crippen molar-refractivity contribution in [2.45, 2.75) is 6.92 Å². The van der Waals surface area contributed by atoms with E-state index in [1.54, 1.807) is 36.8 Å². The highest BCUT2D eigenvalue weighted by molar-refractivity contribution is 5.65. The molecule has 0 atom stereocenters. The smallest absolute Gasteiger partial charge is 0.227 e. The van der Waals surface area contributed by atoms with Gasteiger partial charge in [0.2, 0.25) is 5.95 Å². The molecular formula is C15H12N6O. The summed E-state index contributed by atoms with van der Waals surface area (Å²) in [4.78, 5) is 27.2. The molecule has 0 unspecified atom stereocenters. The first kappa shape index (κ1) is 13.7. The topological polar surface area (TPSA) is 93.0 Å². The maximum atomic E-state index is 10.6. The SMILES string of the molecule is Cc1ccc(N=O)cc1Nc1nccc(-c2cncnc2)n1. The molecule has 0 bridgehead atoms. The number of hydrogen-bond acceptors (Lipinski definition) is 7. The lowest BCUT2D eigenvalue weighted by atomic mass is 10.2. The number of aromatic nitrogens is 4. The third-order valence-electron chi connectivity index (χ3n) is 3.08. The van der Waals surface area contributed by atoms with Crippen molar-refractivity contribution < 1.29 is 0 Å². The maximum absolute atomic E-state index is 10.6. The molecule has 0 spiro atoms. The van der Waals surface area contributed by atoms with Gasteiger partial charge < -0.3 is 5.32 Å². The molecule has 2 heterocycles. The van der Waals surface area contributed by atoms with Crippen molar-refractivity contribution in [3.05, 3.63) is 59.7 Å². The summed E-state index contributed by atoms with van der Waals surface area (Å²) in [6, 6.07) is 6.91. The number of hydrogen-bond donors (Lipinski definition) is 1. The average Bonchev–Trinajstić information content (AvgIpc) is 2.58. The second kappa shape index (κ2) is 6.04. The summed E-state index contributed by atoms with van der Waals surface area (Å²) in [5.74, 6) is 0.424. The zero-order valence-electron chi connectivity index (χ0n) is 11.8. The van der Waals surface area contributed by atoms with E-state index in [1.807, 2.05) is 13.0 Å². The molecule has 108 valence electrons. The van der Waals surface area contributed by atoms with Crippen LogP contribution in [-0.2, 0) is 0 Å². The van der Waals surface area contributed by atoms with Crippen molar-refractivity contribution in [3.63, 3.8) is 0 Å². The number of rotatable bonds is 4. The molecule has 0 saturated carbocycles. The van der Waals surface area contributed by atoms with E-state index >= 15 is 0 Å². The first-order valence-electron chi connectivity index (χ1n) is 6.56. The Hall–Kier alpha value is -3.22. The first-order chi connectivity index (χ1) is 10.8. The van der Waals surface area contributed by atoms with Gasteiger partial charge >= 0.3 is 0 Å². The highest BCUT2D eigenvalue weighted by Crippen LogP contribution is 2.25. The minimum atomic E-state index is 0.348. The molecule has 0 radical (unpaired) electrons. The number of anilines is 2. The van der Waals surface area contributed by atoms with Gasteiger partial charge in [0.25, 0.3) is 0 Å². The van der Waals surface area contributed by atoms with Gasteiger partial charge in [0.15, 0.2) is 0 Å². The van der Waals surface area contributed by atoms with Gasteiger partial charge in [0.1, 0.15) is 12.0 Å². The standard InChI is InChI=1S/C15H12N6O/c1-10-2-3-12(21-22)6-14(10)20-15-18-5-4-13(19-15)11-7-16-9-17-8-11/h2-9H,1H3,(H,18,19,20). The Labute approximate surface area is 126 Å². The molecule has 0 aliphatic rings. The summed E-state index contributed by atoms with van der Waals surface area (Å²) in [7, 11) is 0. The van der Waals surface area contributed by atoms with E-state index < -0.39 is 0 Å². The van der Waals surface area contributed by atoms with E-state index in [2.05, 4.69) is 30.4 Å². The molecule has 0 aliphatic carbocycles. The third-order valence-corrected chi connectivity index (χ3v) is 3.08. The predicted molar refractivity (Wildman–Crippen MR) is 83.0 cm³/mol. The van der Waals surface area contributed by atoms with Gasteiger partial charge in [-0.2, -0.15) is 0 Å². The normalized spacial score (nSPS) is 10.2. The van der Waals surface area contributed by atoms with Gasteiger partial charge in [-0.15, -0.1) is 4.91 Å². The molecule has 0 fully saturated rings. The average molecular weight is 292 g/mol. The quantitative estimate of drug-likeness (QED) is 0.741. The lowest BCUT2D eigenvalue weighted by Gasteiger charge is -2.09. The zero-order chi connectivity index (χ0) is 15.4. The van der Waals surface area contributed by atoms with E-state index in [0.29, 0.717) is 17.3 Å². The van der Waals surface area contributed by atoms with Gasteiger partial charge in [-0.1, -0.05) is 6.07 Å². The van der Waals surface area contributed by atoms with Crippen LogP contribution in [0.1, 0.15) is 5.56 Å². The van der Waals surface area contributed by atoms with Crippen LogP contribution < -0.4 is 5.32 Å². The van der Waals surface area contributed by atoms with Gasteiger partial charge in [-0.3, -0.25) is 0 Å². The Morgan fingerprint density at radius 3 is 2.73 bits per heavy atom. The van der Waals surface area contributed by atoms with Crippen LogP contribution in [0.15, 0.2) is 54.4 Å². The minimum absolute atomic E-state index is 0.348. The number of aryl methyl sites for hydroxylation is 1. The molecule has 1 N–H and O–H groups in total. The minimum Gasteiger partial charge on any atom is -0.324 e. The van der Waals surface area contributed by atoms with Crippen LogP contribution in [0.25, 0.3) is 11.3 Å². The van der Waals surface area contributed by atoms with E-state index in [9.17, 15) is 4.91 Å². The van der Waals surface area contributed by atoms with Crippen LogP contribution in [0.4, 0.5) is 17.3 Å². The fourth-order valence-corrected chi connectivity index (χ4v) is 1.93. The van der Waals surface area contributed by atoms with Crippen molar-refractivity contribution in [1.82, 2.24) is 19.9 Å². The van der Waals surface area contributed by atoms with Gasteiger partial charge in [0, 0.05) is 29.8 Å². The third kappa shape index (κ3) is 2.93. The lowest BCUT2D eigenvalue weighted by molar-refractivity contribution is 1.13. The molecule has 3 aromatic rings. The Morgan fingerprint density at radius 1 is 1.14 bits per heavy atom. The Morgan fingerprint density at radius 2 is 1.95 bits per heavy atom. The Balaban J connectivity index is 1.92. The van der Waals surface area contributed by atoms with Gasteiger partial charge in [0.05, 0.1) is 5.69 Å². The lowest BCUT2D eigenvalue weighted by Crippen LogP contribution is -1.99. The van der Waals surface area contributed by atoms with Crippen LogP contribution in [0.3, 0.4) is 0 Å². The number of benzene rings is 1. The second-order valence-electron chi connectivity index (χ2n) is 4.61. The molecule has 0 aliphatic heterocycles. The van der Waals surface area contributed by atoms with E-state index in [4.69, 9.17) is 0 Å². The number of nitrogens with one attached hydrogen (secondary N) is 1. The van der Waals surface area contributed by atoms with E-state index in [0.717, 1.165) is 16.8 Å². The van der Waals surface area contributed by atoms with Crippen LogP contribution in [-0.4, -0.2) is 19.9 Å². The van der Waals surface area contributed by atoms with Crippen molar-refractivity contribution in [1.29, 1.82) is 0 Å². The van der Waals surface area contributed by atoms with E-state index in [1.165, 1.54) is 6.33 Å². The molecular weight excluding hydrogens is 280 g/mol. The molecule has 1 aromatic carbocycles. The van der Waals surface area contributed by atoms with Crippen LogP contribution in [0, 0.1) is 11.8 Å². The molecule has 7 heteroatoms. The summed E-state index contributed by atoms with van der Waals surface area (Å²) in [5, 5.41) is 6.03. The zero-order valence-corrected chi connectivity index (χ0v) is 11.8. The monoisotopic (exact) mass is 292 g/mol. The Kier molecular flexibility index (Phi) is 3.78. The van der Waals surface area contributed by atoms with Crippen LogP contribution in [0.5, 0.6) is 0 Å². The maximum Gasteiger partial charge on any atom is 0.227 e. The fraction of sp³-hybridized carbons (Fsp3) is 0.0667. The molecule has 3 rings (SSSR count). The summed E-state index contributed by atoms with van der Waals surface area (Å²) in [5.41, 5.74) is 3.55. The fourth-order valence-electron chi connectivity index (χ4n) is 1.93. The van der Waals surface area contributed by atoms with E-state index in [-0.39, 0.29) is 0 Å². The van der Waals surface area contributed by atoms with Crippen molar-refractivity contribution >= 4 is 17.3 Å². The van der Waals surface area contributed by atoms with Gasteiger partial charge in [-0.25, -0.2) is 19.9 Å². The predicted octanol–water partition coefficient (Wildman–Crippen LogP) is 3.38. The highest BCUT2D eigenvalue weighted by Gasteiger charge is 2.06. The summed E-state index contributed by atoms with van der Waals surface area (Å²) in [6.45, 7) is 1.92. The van der Waals surface area contributed by atoms with Crippen LogP contribution in [0.2, 0.25) is 0 Å². The van der Waals surface area contributed by atoms with Crippen molar-refractivity contribution in [2.75, 3.05) is 5.32 Å². The molecule has 0 amide bonds. The van der Waals surface area contributed by atoms with Crippen molar-refractivity contribution in [3.8, 4) is 11.3 Å². The highest BCUT2D eigenvalue weighted by atomic mass is 16.3. The summed E-state index contributed by atoms with van der Waals surface area (Å²) in [6.07, 6.45) is 6.47. The first-order valence-corrected chi connectivity index (χ1v) is 6.56. The number of nitrogens with zero attached hydrogens (tertiary/aromatic N) is 5. The van der Waals surface area contributed by atoms with Crippen LogP contribution >= 0.6 is 0 Å². The summed E-state index contributed by atoms with van der Waals surface area (Å²) < 4.78 is 0. The molecule has 22 heavy (non-hydrogen) atoms. The number of nitroso groups, excluding NO2 is 1. The molecule has 7 nitrogen and oxygen atoms in total.